The number of hydrogen-bond acceptors (Lipinski definition) is 4. The number of ether oxygens (including phenoxy) is 1. The fourth-order valence-electron chi connectivity index (χ4n) is 3.34. The number of benzene rings is 2. The molecule has 1 heterocycles. The molecular weight excluding hydrogens is 400 g/mol. The highest BCUT2D eigenvalue weighted by molar-refractivity contribution is 7.89. The number of nitrogens with one attached hydrogen (secondary N) is 1. The maximum atomic E-state index is 13.2. The lowest BCUT2D eigenvalue weighted by atomic mass is 10.2. The van der Waals surface area contributed by atoms with Gasteiger partial charge in [-0.25, -0.2) is 8.42 Å². The second kappa shape index (κ2) is 8.51. The molecule has 8 heteroatoms. The van der Waals surface area contributed by atoms with Gasteiger partial charge in [0, 0.05) is 24.2 Å². The Morgan fingerprint density at radius 3 is 2.75 bits per heavy atom. The molecule has 6 nitrogen and oxygen atoms in total. The van der Waals surface area contributed by atoms with Gasteiger partial charge in [-0.1, -0.05) is 35.9 Å². The van der Waals surface area contributed by atoms with Crippen LogP contribution >= 0.6 is 11.6 Å². The van der Waals surface area contributed by atoms with Gasteiger partial charge in [-0.15, -0.1) is 0 Å². The van der Waals surface area contributed by atoms with Crippen LogP contribution in [0, 0.1) is 6.92 Å². The van der Waals surface area contributed by atoms with Crippen LogP contribution in [0.3, 0.4) is 0 Å². The standard InChI is InChI=1S/C20H23ClN2O4S/c1-14-9-10-16(27-2)12-19(14)28(25,26)23-11-5-8-18(23)20(24)22-13-15-6-3-4-7-17(15)21/h3-4,6-7,9-10,12,18H,5,8,11,13H2,1-2H3,(H,22,24)/t18-/m0/s1. The fourth-order valence-corrected chi connectivity index (χ4v) is 5.44. The van der Waals surface area contributed by atoms with Crippen LogP contribution in [0.2, 0.25) is 5.02 Å². The molecule has 0 aliphatic carbocycles. The number of carbonyl (C=O) groups excluding carboxylic acids is 1. The van der Waals surface area contributed by atoms with Crippen LogP contribution in [0.1, 0.15) is 24.0 Å². The number of carbonyl (C=O) groups is 1. The highest BCUT2D eigenvalue weighted by atomic mass is 35.5. The van der Waals surface area contributed by atoms with E-state index >= 15 is 0 Å². The van der Waals surface area contributed by atoms with E-state index in [1.165, 1.54) is 17.5 Å². The molecule has 150 valence electrons. The fraction of sp³-hybridized carbons (Fsp3) is 0.350. The number of nitrogens with zero attached hydrogens (tertiary/aromatic N) is 1. The maximum absolute atomic E-state index is 13.2. The van der Waals surface area contributed by atoms with Crippen molar-refractivity contribution in [3.05, 3.63) is 58.6 Å². The Hall–Kier alpha value is -2.09. The molecule has 1 fully saturated rings. The topological polar surface area (TPSA) is 75.7 Å². The Morgan fingerprint density at radius 1 is 1.29 bits per heavy atom. The zero-order chi connectivity index (χ0) is 20.3. The van der Waals surface area contributed by atoms with Crippen LogP contribution in [-0.2, 0) is 21.4 Å². The number of aryl methyl sites for hydroxylation is 1. The molecule has 1 saturated heterocycles. The minimum absolute atomic E-state index is 0.164. The second-order valence-electron chi connectivity index (χ2n) is 6.71. The van der Waals surface area contributed by atoms with Crippen molar-refractivity contribution in [2.24, 2.45) is 0 Å². The summed E-state index contributed by atoms with van der Waals surface area (Å²) in [5, 5.41) is 3.38. The molecule has 0 radical (unpaired) electrons. The summed E-state index contributed by atoms with van der Waals surface area (Å²) in [4.78, 5) is 12.9. The molecule has 1 amide bonds. The van der Waals surface area contributed by atoms with E-state index in [0.29, 0.717) is 35.7 Å². The van der Waals surface area contributed by atoms with E-state index in [-0.39, 0.29) is 17.3 Å². The van der Waals surface area contributed by atoms with Crippen LogP contribution in [0.15, 0.2) is 47.4 Å². The smallest absolute Gasteiger partial charge is 0.244 e. The van der Waals surface area contributed by atoms with E-state index in [4.69, 9.17) is 16.3 Å². The van der Waals surface area contributed by atoms with E-state index < -0.39 is 16.1 Å². The molecule has 0 aromatic heterocycles. The monoisotopic (exact) mass is 422 g/mol. The first-order valence-electron chi connectivity index (χ1n) is 9.02. The third-order valence-electron chi connectivity index (χ3n) is 4.90. The summed E-state index contributed by atoms with van der Waals surface area (Å²) in [6.45, 7) is 2.29. The minimum atomic E-state index is -3.82. The summed E-state index contributed by atoms with van der Waals surface area (Å²) in [6, 6.07) is 11.4. The summed E-state index contributed by atoms with van der Waals surface area (Å²) in [5.41, 5.74) is 1.40. The number of methoxy groups -OCH3 is 1. The van der Waals surface area contributed by atoms with E-state index in [9.17, 15) is 13.2 Å². The van der Waals surface area contributed by atoms with Gasteiger partial charge in [0.25, 0.3) is 0 Å². The first-order valence-corrected chi connectivity index (χ1v) is 10.8. The van der Waals surface area contributed by atoms with E-state index in [2.05, 4.69) is 5.32 Å². The quantitative estimate of drug-likeness (QED) is 0.776. The van der Waals surface area contributed by atoms with Crippen molar-refractivity contribution in [2.75, 3.05) is 13.7 Å². The van der Waals surface area contributed by atoms with Crippen molar-refractivity contribution in [3.63, 3.8) is 0 Å². The molecule has 0 unspecified atom stereocenters. The number of sulfonamides is 1. The average Bonchev–Trinajstić information content (AvgIpc) is 3.18. The Labute approximate surface area is 170 Å². The predicted octanol–water partition coefficient (Wildman–Crippen LogP) is 3.13. The zero-order valence-electron chi connectivity index (χ0n) is 15.8. The molecule has 0 saturated carbocycles. The molecule has 2 aromatic carbocycles. The van der Waals surface area contributed by atoms with Gasteiger partial charge in [0.15, 0.2) is 0 Å². The Kier molecular flexibility index (Phi) is 6.27. The molecule has 1 N–H and O–H groups in total. The van der Waals surface area contributed by atoms with Gasteiger partial charge in [0.2, 0.25) is 15.9 Å². The summed E-state index contributed by atoms with van der Waals surface area (Å²) >= 11 is 6.13. The van der Waals surface area contributed by atoms with Crippen molar-refractivity contribution >= 4 is 27.5 Å². The van der Waals surface area contributed by atoms with Gasteiger partial charge >= 0.3 is 0 Å². The third kappa shape index (κ3) is 4.16. The van der Waals surface area contributed by atoms with E-state index in [1.54, 1.807) is 25.1 Å². The van der Waals surface area contributed by atoms with Gasteiger partial charge in [-0.2, -0.15) is 4.31 Å². The molecule has 3 rings (SSSR count). The zero-order valence-corrected chi connectivity index (χ0v) is 17.4. The third-order valence-corrected chi connectivity index (χ3v) is 7.32. The minimum Gasteiger partial charge on any atom is -0.497 e. The summed E-state index contributed by atoms with van der Waals surface area (Å²) in [5.74, 6) is 0.143. The second-order valence-corrected chi connectivity index (χ2v) is 8.98. The summed E-state index contributed by atoms with van der Waals surface area (Å²) < 4.78 is 32.9. The average molecular weight is 423 g/mol. The van der Waals surface area contributed by atoms with Crippen molar-refractivity contribution in [1.82, 2.24) is 9.62 Å². The molecule has 2 aromatic rings. The normalized spacial score (nSPS) is 17.5. The van der Waals surface area contributed by atoms with Crippen LogP contribution in [0.25, 0.3) is 0 Å². The van der Waals surface area contributed by atoms with E-state index in [1.807, 2.05) is 18.2 Å². The summed E-state index contributed by atoms with van der Waals surface area (Å²) in [6.07, 6.45) is 1.11. The number of halogens is 1. The SMILES string of the molecule is COc1ccc(C)c(S(=O)(=O)N2CCC[C@H]2C(=O)NCc2ccccc2Cl)c1. The van der Waals surface area contributed by atoms with Crippen LogP contribution < -0.4 is 10.1 Å². The van der Waals surface area contributed by atoms with Gasteiger partial charge < -0.3 is 10.1 Å². The van der Waals surface area contributed by atoms with Gasteiger partial charge in [0.1, 0.15) is 11.8 Å². The maximum Gasteiger partial charge on any atom is 0.244 e. The van der Waals surface area contributed by atoms with Crippen LogP contribution in [0.4, 0.5) is 0 Å². The van der Waals surface area contributed by atoms with Crippen molar-refractivity contribution in [1.29, 1.82) is 0 Å². The van der Waals surface area contributed by atoms with Gasteiger partial charge in [0.05, 0.1) is 12.0 Å². The Morgan fingerprint density at radius 2 is 2.04 bits per heavy atom. The lowest BCUT2D eigenvalue weighted by molar-refractivity contribution is -0.124. The first kappa shape index (κ1) is 20.6. The number of hydrogen-bond donors (Lipinski definition) is 1. The molecule has 1 aliphatic heterocycles. The predicted molar refractivity (Wildman–Crippen MR) is 108 cm³/mol. The number of rotatable bonds is 6. The van der Waals surface area contributed by atoms with Crippen molar-refractivity contribution in [3.8, 4) is 5.75 Å². The Balaban J connectivity index is 1.80. The lowest BCUT2D eigenvalue weighted by Gasteiger charge is -2.24. The molecular formula is C20H23ClN2O4S. The van der Waals surface area contributed by atoms with Gasteiger partial charge in [-0.3, -0.25) is 4.79 Å². The Bertz CT molecular complexity index is 978. The largest absolute Gasteiger partial charge is 0.497 e. The van der Waals surface area contributed by atoms with Crippen molar-refractivity contribution in [2.45, 2.75) is 37.2 Å². The van der Waals surface area contributed by atoms with Crippen LogP contribution in [-0.4, -0.2) is 38.3 Å². The molecule has 1 aliphatic rings. The highest BCUT2D eigenvalue weighted by Gasteiger charge is 2.40. The number of amides is 1. The molecule has 0 bridgehead atoms. The summed E-state index contributed by atoms with van der Waals surface area (Å²) in [7, 11) is -2.33. The van der Waals surface area contributed by atoms with E-state index in [0.717, 1.165) is 5.56 Å². The molecule has 1 atom stereocenters. The molecule has 28 heavy (non-hydrogen) atoms. The lowest BCUT2D eigenvalue weighted by Crippen LogP contribution is -2.45. The van der Waals surface area contributed by atoms with Gasteiger partial charge in [-0.05, 0) is 43.0 Å². The van der Waals surface area contributed by atoms with Crippen molar-refractivity contribution < 1.29 is 17.9 Å². The highest BCUT2D eigenvalue weighted by Crippen LogP contribution is 2.30. The van der Waals surface area contributed by atoms with Crippen LogP contribution in [0.5, 0.6) is 5.75 Å². The first-order chi connectivity index (χ1) is 13.3. The molecule has 0 spiro atoms.